The van der Waals surface area contributed by atoms with Crippen LogP contribution in [-0.4, -0.2) is 29.3 Å². The molecular formula is C30H33N3O2. The zero-order valence-electron chi connectivity index (χ0n) is 20.8. The van der Waals surface area contributed by atoms with Crippen molar-refractivity contribution in [2.45, 2.75) is 45.3 Å². The second-order valence-electron chi connectivity index (χ2n) is 9.55. The summed E-state index contributed by atoms with van der Waals surface area (Å²) in [4.78, 5) is 15.7. The fourth-order valence-corrected chi connectivity index (χ4v) is 4.85. The zero-order valence-corrected chi connectivity index (χ0v) is 20.8. The van der Waals surface area contributed by atoms with Crippen LogP contribution in [0.5, 0.6) is 0 Å². The van der Waals surface area contributed by atoms with E-state index in [2.05, 4.69) is 61.3 Å². The number of hydrogen-bond donors (Lipinski definition) is 2. The first-order valence-corrected chi connectivity index (χ1v) is 12.1. The number of anilines is 1. The Morgan fingerprint density at radius 2 is 1.63 bits per heavy atom. The third kappa shape index (κ3) is 4.77. The molecule has 3 aromatic carbocycles. The van der Waals surface area contributed by atoms with E-state index in [0.29, 0.717) is 11.1 Å². The second-order valence-corrected chi connectivity index (χ2v) is 9.55. The minimum Gasteiger partial charge on any atom is -0.372 e. The number of hydrogen-bond acceptors (Lipinski definition) is 4. The van der Waals surface area contributed by atoms with Gasteiger partial charge in [-0.3, -0.25) is 4.79 Å². The lowest BCUT2D eigenvalue weighted by molar-refractivity contribution is -0.136. The van der Waals surface area contributed by atoms with Crippen LogP contribution in [-0.2, 0) is 10.4 Å². The lowest BCUT2D eigenvalue weighted by Gasteiger charge is -2.43. The summed E-state index contributed by atoms with van der Waals surface area (Å²) < 4.78 is 0. The minimum absolute atomic E-state index is 0.0456. The van der Waals surface area contributed by atoms with Gasteiger partial charge in [-0.15, -0.1) is 0 Å². The molecule has 0 aliphatic carbocycles. The Morgan fingerprint density at radius 1 is 1.03 bits per heavy atom. The second kappa shape index (κ2) is 9.88. The molecule has 180 valence electrons. The first-order valence-electron chi connectivity index (χ1n) is 12.1. The monoisotopic (exact) mass is 467 g/mol. The van der Waals surface area contributed by atoms with Crippen LogP contribution < -0.4 is 10.3 Å². The van der Waals surface area contributed by atoms with Crippen LogP contribution in [0.15, 0.2) is 90.0 Å². The molecule has 0 spiro atoms. The van der Waals surface area contributed by atoms with E-state index in [1.54, 1.807) is 54.7 Å². The van der Waals surface area contributed by atoms with E-state index in [1.807, 2.05) is 18.2 Å². The molecule has 1 aliphatic rings. The van der Waals surface area contributed by atoms with Gasteiger partial charge in [-0.1, -0.05) is 79.7 Å². The Hall–Kier alpha value is -3.70. The molecule has 3 aromatic rings. The first-order chi connectivity index (χ1) is 16.8. The molecule has 0 bridgehead atoms. The normalized spacial score (nSPS) is 15.0. The Balaban J connectivity index is 1.59. The Kier molecular flexibility index (Phi) is 6.90. The van der Waals surface area contributed by atoms with Crippen molar-refractivity contribution in [2.75, 3.05) is 11.4 Å². The topological polar surface area (TPSA) is 64.9 Å². The number of carbonyl (C=O) groups excluding carboxylic acids is 1. The van der Waals surface area contributed by atoms with Gasteiger partial charge < -0.3 is 10.0 Å². The van der Waals surface area contributed by atoms with Crippen LogP contribution >= 0.6 is 0 Å². The van der Waals surface area contributed by atoms with Crippen LogP contribution in [0.1, 0.15) is 56.4 Å². The van der Waals surface area contributed by atoms with E-state index >= 15 is 0 Å². The van der Waals surface area contributed by atoms with Crippen LogP contribution in [0.3, 0.4) is 0 Å². The van der Waals surface area contributed by atoms with E-state index in [0.717, 1.165) is 24.1 Å². The van der Waals surface area contributed by atoms with E-state index in [9.17, 15) is 9.90 Å². The van der Waals surface area contributed by atoms with Crippen LogP contribution in [0.25, 0.3) is 5.57 Å². The van der Waals surface area contributed by atoms with E-state index < -0.39 is 11.5 Å². The Morgan fingerprint density at radius 3 is 2.20 bits per heavy atom. The molecule has 0 unspecified atom stereocenters. The molecule has 0 fully saturated rings. The summed E-state index contributed by atoms with van der Waals surface area (Å²) in [6, 6.07) is 24.0. The number of nitrogens with one attached hydrogen (secondary N) is 1. The van der Waals surface area contributed by atoms with Crippen molar-refractivity contribution >= 4 is 23.4 Å². The van der Waals surface area contributed by atoms with Gasteiger partial charge in [0.25, 0.3) is 5.91 Å². The van der Waals surface area contributed by atoms with Crippen molar-refractivity contribution in [3.63, 3.8) is 0 Å². The summed E-state index contributed by atoms with van der Waals surface area (Å²) in [5.74, 6) is -0.615. The van der Waals surface area contributed by atoms with Gasteiger partial charge in [-0.25, -0.2) is 5.43 Å². The molecule has 5 heteroatoms. The predicted octanol–water partition coefficient (Wildman–Crippen LogP) is 5.48. The summed E-state index contributed by atoms with van der Waals surface area (Å²) >= 11 is 0. The average Bonchev–Trinajstić information content (AvgIpc) is 2.87. The van der Waals surface area contributed by atoms with Gasteiger partial charge in [0.05, 0.1) is 11.8 Å². The van der Waals surface area contributed by atoms with Crippen molar-refractivity contribution in [2.24, 2.45) is 5.10 Å². The van der Waals surface area contributed by atoms with Crippen molar-refractivity contribution in [1.29, 1.82) is 0 Å². The minimum atomic E-state index is -1.86. The van der Waals surface area contributed by atoms with Gasteiger partial charge in [0, 0.05) is 17.8 Å². The highest BCUT2D eigenvalue weighted by atomic mass is 16.3. The summed E-state index contributed by atoms with van der Waals surface area (Å²) in [6.07, 6.45) is 4.98. The number of carbonyl (C=O) groups is 1. The number of aliphatic hydroxyl groups is 1. The van der Waals surface area contributed by atoms with Crippen LogP contribution in [0.2, 0.25) is 0 Å². The zero-order chi connectivity index (χ0) is 25.1. The maximum Gasteiger partial charge on any atom is 0.281 e. The molecule has 0 saturated heterocycles. The molecule has 0 aromatic heterocycles. The average molecular weight is 468 g/mol. The predicted molar refractivity (Wildman–Crippen MR) is 143 cm³/mol. The Labute approximate surface area is 207 Å². The van der Waals surface area contributed by atoms with Crippen molar-refractivity contribution in [3.05, 3.63) is 107 Å². The lowest BCUT2D eigenvalue weighted by Crippen LogP contribution is -2.45. The van der Waals surface area contributed by atoms with Gasteiger partial charge in [0.1, 0.15) is 0 Å². The molecule has 35 heavy (non-hydrogen) atoms. The fraction of sp³-hybridized carbons (Fsp3) is 0.267. The molecular weight excluding hydrogens is 434 g/mol. The van der Waals surface area contributed by atoms with Gasteiger partial charge in [-0.05, 0) is 61.6 Å². The van der Waals surface area contributed by atoms with Crippen LogP contribution in [0, 0.1) is 0 Å². The lowest BCUT2D eigenvalue weighted by atomic mass is 9.85. The molecule has 1 aliphatic heterocycles. The van der Waals surface area contributed by atoms with Gasteiger partial charge >= 0.3 is 0 Å². The number of nitrogens with zero attached hydrogens (tertiary/aromatic N) is 2. The summed E-state index contributed by atoms with van der Waals surface area (Å²) in [5, 5.41) is 15.7. The smallest absolute Gasteiger partial charge is 0.281 e. The first kappa shape index (κ1) is 24.4. The standard InChI is InChI=1S/C30H33N3O2/c1-5-18-33-27-17-16-23(19-26(27)22(2)20-29(33,3)4)21-31-32-28(34)30(35,24-12-8-6-9-13-24)25-14-10-7-11-15-25/h6-17,19-21,35H,5,18H2,1-4H3,(H,32,34)/b31-21-. The molecule has 5 nitrogen and oxygen atoms in total. The molecule has 2 N–H and O–H groups in total. The SMILES string of the molecule is CCCN1c2ccc(/C=N\NC(=O)C(O)(c3ccccc3)c3ccccc3)cc2C(C)=CC1(C)C. The summed E-state index contributed by atoms with van der Waals surface area (Å²) in [6.45, 7) is 9.77. The van der Waals surface area contributed by atoms with Gasteiger partial charge in [0.15, 0.2) is 5.60 Å². The quantitative estimate of drug-likeness (QED) is 0.357. The summed E-state index contributed by atoms with van der Waals surface area (Å²) in [7, 11) is 0. The third-order valence-electron chi connectivity index (χ3n) is 6.54. The fourth-order valence-electron chi connectivity index (χ4n) is 4.85. The number of benzene rings is 3. The van der Waals surface area contributed by atoms with E-state index in [4.69, 9.17) is 0 Å². The maximum atomic E-state index is 13.2. The van der Waals surface area contributed by atoms with E-state index in [1.165, 1.54) is 11.3 Å². The third-order valence-corrected chi connectivity index (χ3v) is 6.54. The van der Waals surface area contributed by atoms with Crippen molar-refractivity contribution in [1.82, 2.24) is 5.43 Å². The summed E-state index contributed by atoms with van der Waals surface area (Å²) in [5.41, 5.74) is 6.08. The van der Waals surface area contributed by atoms with Gasteiger partial charge in [0.2, 0.25) is 0 Å². The highest BCUT2D eigenvalue weighted by molar-refractivity contribution is 5.92. The molecule has 0 atom stereocenters. The molecule has 0 saturated carbocycles. The van der Waals surface area contributed by atoms with Crippen molar-refractivity contribution < 1.29 is 9.90 Å². The van der Waals surface area contributed by atoms with Crippen LogP contribution in [0.4, 0.5) is 5.69 Å². The number of fused-ring (bicyclic) bond motifs is 1. The molecule has 1 heterocycles. The van der Waals surface area contributed by atoms with E-state index in [-0.39, 0.29) is 5.54 Å². The largest absolute Gasteiger partial charge is 0.372 e. The van der Waals surface area contributed by atoms with Gasteiger partial charge in [-0.2, -0.15) is 5.10 Å². The molecule has 0 radical (unpaired) electrons. The molecule has 4 rings (SSSR count). The van der Waals surface area contributed by atoms with Crippen molar-refractivity contribution in [3.8, 4) is 0 Å². The Bertz CT molecular complexity index is 1210. The number of hydrazone groups is 1. The number of allylic oxidation sites excluding steroid dienone is 1. The highest BCUT2D eigenvalue weighted by Crippen LogP contribution is 2.39. The molecule has 1 amide bonds. The maximum absolute atomic E-state index is 13.2. The number of amides is 1. The number of rotatable bonds is 7. The highest BCUT2D eigenvalue weighted by Gasteiger charge is 2.40.